The highest BCUT2D eigenvalue weighted by Crippen LogP contribution is 2.15. The second kappa shape index (κ2) is 6.79. The monoisotopic (exact) mass is 285 g/mol. The molecule has 2 rings (SSSR count). The first-order chi connectivity index (χ1) is 10.0. The van der Waals surface area contributed by atoms with Crippen LogP contribution in [-0.4, -0.2) is 17.2 Å². The van der Waals surface area contributed by atoms with Crippen LogP contribution in [0.3, 0.4) is 0 Å². The van der Waals surface area contributed by atoms with Crippen molar-refractivity contribution >= 4 is 11.7 Å². The molecule has 4 nitrogen and oxygen atoms in total. The van der Waals surface area contributed by atoms with Gasteiger partial charge in [-0.15, -0.1) is 0 Å². The van der Waals surface area contributed by atoms with Gasteiger partial charge in [-0.2, -0.15) is 0 Å². The number of phenols is 1. The van der Waals surface area contributed by atoms with E-state index in [2.05, 4.69) is 5.32 Å². The Balaban J connectivity index is 1.95. The summed E-state index contributed by atoms with van der Waals surface area (Å²) in [6.07, 6.45) is -0.124. The van der Waals surface area contributed by atoms with Gasteiger partial charge in [0.05, 0.1) is 11.7 Å². The van der Waals surface area contributed by atoms with Gasteiger partial charge in [0.25, 0.3) is 0 Å². The number of phenolic OH excluding ortho intramolecular Hbond substituents is 1. The van der Waals surface area contributed by atoms with Gasteiger partial charge in [0.2, 0.25) is 0 Å². The molecule has 0 aliphatic carbocycles. The van der Waals surface area contributed by atoms with E-state index in [9.17, 15) is 9.90 Å². The lowest BCUT2D eigenvalue weighted by Gasteiger charge is -2.09. The Bertz CT molecular complexity index is 606. The molecule has 0 fully saturated rings. The highest BCUT2D eigenvalue weighted by Gasteiger charge is 2.08. The molecule has 110 valence electrons. The van der Waals surface area contributed by atoms with E-state index in [0.717, 1.165) is 11.3 Å². The van der Waals surface area contributed by atoms with E-state index in [1.165, 1.54) is 0 Å². The number of esters is 1. The van der Waals surface area contributed by atoms with E-state index in [-0.39, 0.29) is 17.8 Å². The molecular weight excluding hydrogens is 266 g/mol. The highest BCUT2D eigenvalue weighted by molar-refractivity contribution is 5.89. The van der Waals surface area contributed by atoms with Crippen molar-refractivity contribution in [1.82, 2.24) is 0 Å². The lowest BCUT2D eigenvalue weighted by Crippen LogP contribution is -2.11. The van der Waals surface area contributed by atoms with Crippen molar-refractivity contribution in [2.24, 2.45) is 0 Å². The van der Waals surface area contributed by atoms with E-state index in [4.69, 9.17) is 4.74 Å². The third-order valence-electron chi connectivity index (χ3n) is 2.87. The van der Waals surface area contributed by atoms with Crippen LogP contribution in [0.4, 0.5) is 5.69 Å². The first-order valence-electron chi connectivity index (χ1n) is 6.87. The molecule has 4 heteroatoms. The minimum atomic E-state index is -0.315. The smallest absolute Gasteiger partial charge is 0.338 e. The Morgan fingerprint density at radius 3 is 2.52 bits per heavy atom. The summed E-state index contributed by atoms with van der Waals surface area (Å²) >= 11 is 0. The summed E-state index contributed by atoms with van der Waals surface area (Å²) in [4.78, 5) is 11.7. The molecule has 0 atom stereocenters. The molecule has 0 aliphatic rings. The van der Waals surface area contributed by atoms with Crippen molar-refractivity contribution in [2.45, 2.75) is 26.5 Å². The van der Waals surface area contributed by atoms with Gasteiger partial charge in [0.15, 0.2) is 0 Å². The van der Waals surface area contributed by atoms with Crippen LogP contribution in [0.15, 0.2) is 48.5 Å². The van der Waals surface area contributed by atoms with Crippen molar-refractivity contribution in [3.63, 3.8) is 0 Å². The zero-order chi connectivity index (χ0) is 15.2. The van der Waals surface area contributed by atoms with Crippen LogP contribution in [0.25, 0.3) is 0 Å². The SMILES string of the molecule is CC(C)OC(=O)c1ccc(NCc2cccc(O)c2)cc1. The molecule has 2 aromatic rings. The average Bonchev–Trinajstić information content (AvgIpc) is 2.45. The number of rotatable bonds is 5. The molecular formula is C17H19NO3. The first-order valence-corrected chi connectivity index (χ1v) is 6.87. The average molecular weight is 285 g/mol. The maximum atomic E-state index is 11.7. The molecule has 2 aromatic carbocycles. The van der Waals surface area contributed by atoms with Crippen molar-refractivity contribution in [1.29, 1.82) is 0 Å². The summed E-state index contributed by atoms with van der Waals surface area (Å²) in [5.74, 6) is -0.0642. The second-order valence-corrected chi connectivity index (χ2v) is 5.05. The van der Waals surface area contributed by atoms with Crippen LogP contribution >= 0.6 is 0 Å². The number of aromatic hydroxyl groups is 1. The van der Waals surface area contributed by atoms with Gasteiger partial charge in [-0.3, -0.25) is 0 Å². The van der Waals surface area contributed by atoms with Crippen LogP contribution < -0.4 is 5.32 Å². The minimum Gasteiger partial charge on any atom is -0.508 e. The summed E-state index contributed by atoms with van der Waals surface area (Å²) in [5.41, 5.74) is 2.42. The van der Waals surface area contributed by atoms with Crippen LogP contribution in [-0.2, 0) is 11.3 Å². The summed E-state index contributed by atoms with van der Waals surface area (Å²) in [5, 5.41) is 12.6. The van der Waals surface area contributed by atoms with Crippen molar-refractivity contribution < 1.29 is 14.6 Å². The molecule has 0 bridgehead atoms. The van der Waals surface area contributed by atoms with Gasteiger partial charge in [-0.25, -0.2) is 4.79 Å². The predicted molar refractivity (Wildman–Crippen MR) is 82.4 cm³/mol. The fraction of sp³-hybridized carbons (Fsp3) is 0.235. The predicted octanol–water partition coefficient (Wildman–Crippen LogP) is 3.57. The van der Waals surface area contributed by atoms with E-state index in [1.807, 2.05) is 32.0 Å². The maximum Gasteiger partial charge on any atom is 0.338 e. The lowest BCUT2D eigenvalue weighted by atomic mass is 10.2. The first kappa shape index (κ1) is 14.9. The topological polar surface area (TPSA) is 58.6 Å². The number of anilines is 1. The normalized spacial score (nSPS) is 10.4. The third kappa shape index (κ3) is 4.53. The Labute approximate surface area is 124 Å². The molecule has 0 amide bonds. The molecule has 0 heterocycles. The quantitative estimate of drug-likeness (QED) is 0.825. The van der Waals surface area contributed by atoms with Crippen molar-refractivity contribution in [2.75, 3.05) is 5.32 Å². The molecule has 0 saturated carbocycles. The Morgan fingerprint density at radius 1 is 1.19 bits per heavy atom. The molecule has 0 spiro atoms. The Kier molecular flexibility index (Phi) is 4.82. The summed E-state index contributed by atoms with van der Waals surface area (Å²) in [7, 11) is 0. The zero-order valence-corrected chi connectivity index (χ0v) is 12.2. The largest absolute Gasteiger partial charge is 0.508 e. The molecule has 0 unspecified atom stereocenters. The van der Waals surface area contributed by atoms with E-state index in [0.29, 0.717) is 12.1 Å². The van der Waals surface area contributed by atoms with Gasteiger partial charge in [0, 0.05) is 12.2 Å². The lowest BCUT2D eigenvalue weighted by molar-refractivity contribution is 0.0378. The fourth-order valence-corrected chi connectivity index (χ4v) is 1.88. The van der Waals surface area contributed by atoms with Gasteiger partial charge in [-0.05, 0) is 55.8 Å². The van der Waals surface area contributed by atoms with Gasteiger partial charge < -0.3 is 15.2 Å². The number of carbonyl (C=O) groups is 1. The standard InChI is InChI=1S/C17H19NO3/c1-12(2)21-17(20)14-6-8-15(9-7-14)18-11-13-4-3-5-16(19)10-13/h3-10,12,18-19H,11H2,1-2H3. The van der Waals surface area contributed by atoms with Crippen molar-refractivity contribution in [3.05, 3.63) is 59.7 Å². The summed E-state index contributed by atoms with van der Waals surface area (Å²) in [6, 6.07) is 14.2. The second-order valence-electron chi connectivity index (χ2n) is 5.05. The number of carbonyl (C=O) groups excluding carboxylic acids is 1. The molecule has 0 aliphatic heterocycles. The van der Waals surface area contributed by atoms with Crippen LogP contribution in [0.2, 0.25) is 0 Å². The molecule has 0 aromatic heterocycles. The fourth-order valence-electron chi connectivity index (χ4n) is 1.88. The maximum absolute atomic E-state index is 11.7. The van der Waals surface area contributed by atoms with Gasteiger partial charge >= 0.3 is 5.97 Å². The van der Waals surface area contributed by atoms with Gasteiger partial charge in [-0.1, -0.05) is 12.1 Å². The number of hydrogen-bond donors (Lipinski definition) is 2. The number of benzene rings is 2. The van der Waals surface area contributed by atoms with Crippen LogP contribution in [0.5, 0.6) is 5.75 Å². The van der Waals surface area contributed by atoms with Crippen LogP contribution in [0, 0.1) is 0 Å². The highest BCUT2D eigenvalue weighted by atomic mass is 16.5. The summed E-state index contributed by atoms with van der Waals surface area (Å²) < 4.78 is 5.13. The Morgan fingerprint density at radius 2 is 1.90 bits per heavy atom. The molecule has 2 N–H and O–H groups in total. The Hall–Kier alpha value is -2.49. The van der Waals surface area contributed by atoms with E-state index in [1.54, 1.807) is 30.3 Å². The molecule has 0 saturated heterocycles. The van der Waals surface area contributed by atoms with E-state index >= 15 is 0 Å². The van der Waals surface area contributed by atoms with Gasteiger partial charge in [0.1, 0.15) is 5.75 Å². The van der Waals surface area contributed by atoms with E-state index < -0.39 is 0 Å². The van der Waals surface area contributed by atoms with Crippen LogP contribution in [0.1, 0.15) is 29.8 Å². The minimum absolute atomic E-state index is 0.124. The zero-order valence-electron chi connectivity index (χ0n) is 12.2. The number of hydrogen-bond acceptors (Lipinski definition) is 4. The molecule has 21 heavy (non-hydrogen) atoms. The summed E-state index contributed by atoms with van der Waals surface area (Å²) in [6.45, 7) is 4.25. The third-order valence-corrected chi connectivity index (χ3v) is 2.87. The van der Waals surface area contributed by atoms with Crippen molar-refractivity contribution in [3.8, 4) is 5.75 Å². The number of nitrogens with one attached hydrogen (secondary N) is 1. The molecule has 0 radical (unpaired) electrons. The number of ether oxygens (including phenoxy) is 1.